The van der Waals surface area contributed by atoms with Gasteiger partial charge in [0.1, 0.15) is 0 Å². The normalized spacial score (nSPS) is 37.3. The van der Waals surface area contributed by atoms with E-state index in [1.807, 2.05) is 0 Å². The van der Waals surface area contributed by atoms with E-state index in [0.717, 1.165) is 12.0 Å². The lowest BCUT2D eigenvalue weighted by molar-refractivity contribution is -0.0414. The first-order chi connectivity index (χ1) is 7.86. The van der Waals surface area contributed by atoms with Crippen LogP contribution < -0.4 is 0 Å². The fraction of sp³-hybridized carbons (Fsp3) is 1.00. The van der Waals surface area contributed by atoms with Gasteiger partial charge < -0.3 is 10.0 Å². The molecule has 0 bridgehead atoms. The lowest BCUT2D eigenvalue weighted by atomic mass is 9.91. The summed E-state index contributed by atoms with van der Waals surface area (Å²) in [7, 11) is 0. The molecule has 0 aromatic carbocycles. The molecule has 16 heavy (non-hydrogen) atoms. The molecule has 2 aliphatic heterocycles. The van der Waals surface area contributed by atoms with Crippen LogP contribution in [0.15, 0.2) is 0 Å². The topological polar surface area (TPSA) is 26.7 Å². The molecule has 2 atom stereocenters. The summed E-state index contributed by atoms with van der Waals surface area (Å²) in [5.74, 6) is 1.02. The lowest BCUT2D eigenvalue weighted by Crippen LogP contribution is -2.62. The molecule has 0 aromatic heterocycles. The van der Waals surface area contributed by atoms with Gasteiger partial charge in [-0.05, 0) is 51.1 Å². The van der Waals surface area contributed by atoms with Crippen molar-refractivity contribution >= 4 is 0 Å². The van der Waals surface area contributed by atoms with Crippen molar-refractivity contribution in [2.45, 2.75) is 44.2 Å². The molecule has 0 amide bonds. The van der Waals surface area contributed by atoms with Crippen LogP contribution in [0.5, 0.6) is 0 Å². The van der Waals surface area contributed by atoms with Gasteiger partial charge in [0.15, 0.2) is 0 Å². The number of aliphatic hydroxyl groups excluding tert-OH is 1. The number of nitrogens with zero attached hydrogens (tertiary/aromatic N) is 2. The van der Waals surface area contributed by atoms with E-state index in [9.17, 15) is 5.11 Å². The molecule has 92 valence electrons. The second-order valence-electron chi connectivity index (χ2n) is 5.87. The van der Waals surface area contributed by atoms with Gasteiger partial charge in [-0.25, -0.2) is 0 Å². The predicted molar refractivity (Wildman–Crippen MR) is 64.4 cm³/mol. The molecular formula is C13H24N2O. The fourth-order valence-electron chi connectivity index (χ4n) is 3.32. The Bertz CT molecular complexity index is 242. The van der Waals surface area contributed by atoms with Crippen LogP contribution >= 0.6 is 0 Å². The van der Waals surface area contributed by atoms with Gasteiger partial charge in [0.2, 0.25) is 0 Å². The average Bonchev–Trinajstić information content (AvgIpc) is 3.04. The monoisotopic (exact) mass is 224 g/mol. The summed E-state index contributed by atoms with van der Waals surface area (Å²) >= 11 is 0. The van der Waals surface area contributed by atoms with Gasteiger partial charge in [-0.1, -0.05) is 0 Å². The first-order valence-electron chi connectivity index (χ1n) is 6.96. The van der Waals surface area contributed by atoms with Crippen molar-refractivity contribution < 1.29 is 5.11 Å². The molecule has 3 aliphatic rings. The Morgan fingerprint density at radius 3 is 2.69 bits per heavy atom. The van der Waals surface area contributed by atoms with Crippen molar-refractivity contribution in [1.82, 2.24) is 9.80 Å². The van der Waals surface area contributed by atoms with E-state index < -0.39 is 0 Å². The molecule has 0 radical (unpaired) electrons. The Labute approximate surface area is 98.4 Å². The molecule has 1 aliphatic carbocycles. The van der Waals surface area contributed by atoms with Gasteiger partial charge in [0.05, 0.1) is 6.61 Å². The first kappa shape index (κ1) is 11.0. The largest absolute Gasteiger partial charge is 0.395 e. The molecule has 1 saturated carbocycles. The Kier molecular flexibility index (Phi) is 3.18. The van der Waals surface area contributed by atoms with Crippen molar-refractivity contribution in [3.05, 3.63) is 0 Å². The number of fused-ring (bicyclic) bond motifs is 1. The molecule has 3 rings (SSSR count). The van der Waals surface area contributed by atoms with Crippen LogP contribution in [0.1, 0.15) is 32.1 Å². The number of rotatable bonds is 3. The van der Waals surface area contributed by atoms with E-state index in [-0.39, 0.29) is 0 Å². The molecular weight excluding hydrogens is 200 g/mol. The highest BCUT2D eigenvalue weighted by Gasteiger charge is 2.39. The fourth-order valence-corrected chi connectivity index (χ4v) is 3.32. The second kappa shape index (κ2) is 4.63. The van der Waals surface area contributed by atoms with Crippen LogP contribution in [0.2, 0.25) is 0 Å². The summed E-state index contributed by atoms with van der Waals surface area (Å²) < 4.78 is 0. The summed E-state index contributed by atoms with van der Waals surface area (Å²) in [6.07, 6.45) is 6.80. The maximum atomic E-state index is 9.25. The van der Waals surface area contributed by atoms with E-state index in [2.05, 4.69) is 9.80 Å². The summed E-state index contributed by atoms with van der Waals surface area (Å²) in [5.41, 5.74) is 0. The van der Waals surface area contributed by atoms with E-state index in [1.54, 1.807) is 0 Å². The Morgan fingerprint density at radius 2 is 1.94 bits per heavy atom. The highest BCUT2D eigenvalue weighted by Crippen LogP contribution is 2.32. The number of hydrogen-bond donors (Lipinski definition) is 1. The Morgan fingerprint density at radius 1 is 1.12 bits per heavy atom. The molecule has 0 spiro atoms. The van der Waals surface area contributed by atoms with Crippen molar-refractivity contribution in [3.63, 3.8) is 0 Å². The summed E-state index contributed by atoms with van der Waals surface area (Å²) in [5, 5.41) is 9.25. The molecule has 0 aromatic rings. The Hall–Kier alpha value is -0.120. The van der Waals surface area contributed by atoms with Crippen LogP contribution in [-0.2, 0) is 0 Å². The SMILES string of the molecule is OC[C@@H]1C[C@@H]2CN(CC3CC3)CCCCN12. The Balaban J connectivity index is 1.54. The van der Waals surface area contributed by atoms with E-state index >= 15 is 0 Å². The van der Waals surface area contributed by atoms with Crippen molar-refractivity contribution in [1.29, 1.82) is 0 Å². The maximum absolute atomic E-state index is 9.25. The van der Waals surface area contributed by atoms with Gasteiger partial charge in [0.25, 0.3) is 0 Å². The molecule has 1 N–H and O–H groups in total. The molecule has 2 heterocycles. The maximum Gasteiger partial charge on any atom is 0.0587 e. The third-order valence-electron chi connectivity index (χ3n) is 4.52. The second-order valence-corrected chi connectivity index (χ2v) is 5.87. The van der Waals surface area contributed by atoms with E-state index in [0.29, 0.717) is 12.6 Å². The summed E-state index contributed by atoms with van der Waals surface area (Å²) in [4.78, 5) is 5.22. The molecule has 3 fully saturated rings. The van der Waals surface area contributed by atoms with Gasteiger partial charge in [-0.3, -0.25) is 4.90 Å². The minimum absolute atomic E-state index is 0.360. The average molecular weight is 224 g/mol. The van der Waals surface area contributed by atoms with E-state index in [4.69, 9.17) is 0 Å². The van der Waals surface area contributed by atoms with Gasteiger partial charge >= 0.3 is 0 Å². The summed E-state index contributed by atoms with van der Waals surface area (Å²) in [6, 6.07) is 1.22. The first-order valence-corrected chi connectivity index (χ1v) is 6.96. The van der Waals surface area contributed by atoms with Gasteiger partial charge in [-0.15, -0.1) is 0 Å². The minimum atomic E-state index is 0.360. The van der Waals surface area contributed by atoms with Gasteiger partial charge in [0, 0.05) is 25.2 Å². The quantitative estimate of drug-likeness (QED) is 0.772. The van der Waals surface area contributed by atoms with Crippen LogP contribution in [-0.4, -0.2) is 59.8 Å². The molecule has 3 nitrogen and oxygen atoms in total. The standard InChI is InChI=1S/C13H24N2O/c16-10-13-7-12-9-14(8-11-3-4-11)5-1-2-6-15(12)13/h11-13,16H,1-10H2/t12-,13+/m1/s1. The van der Waals surface area contributed by atoms with Crippen LogP contribution in [0.3, 0.4) is 0 Å². The molecule has 3 heteroatoms. The van der Waals surface area contributed by atoms with Crippen LogP contribution in [0.4, 0.5) is 0 Å². The zero-order valence-corrected chi connectivity index (χ0v) is 10.1. The molecule has 2 saturated heterocycles. The van der Waals surface area contributed by atoms with Crippen molar-refractivity contribution in [2.24, 2.45) is 5.92 Å². The van der Waals surface area contributed by atoms with Crippen molar-refractivity contribution in [2.75, 3.05) is 32.8 Å². The highest BCUT2D eigenvalue weighted by molar-refractivity contribution is 4.95. The highest BCUT2D eigenvalue weighted by atomic mass is 16.3. The zero-order valence-electron chi connectivity index (χ0n) is 10.1. The third kappa shape index (κ3) is 2.27. The lowest BCUT2D eigenvalue weighted by Gasteiger charge is -2.51. The number of aliphatic hydroxyl groups is 1. The van der Waals surface area contributed by atoms with Crippen LogP contribution in [0, 0.1) is 5.92 Å². The predicted octanol–water partition coefficient (Wildman–Crippen LogP) is 0.927. The van der Waals surface area contributed by atoms with E-state index in [1.165, 1.54) is 58.3 Å². The zero-order chi connectivity index (χ0) is 11.0. The van der Waals surface area contributed by atoms with Crippen molar-refractivity contribution in [3.8, 4) is 0 Å². The third-order valence-corrected chi connectivity index (χ3v) is 4.52. The van der Waals surface area contributed by atoms with Gasteiger partial charge in [-0.2, -0.15) is 0 Å². The molecule has 0 unspecified atom stereocenters. The number of hydrogen-bond acceptors (Lipinski definition) is 3. The minimum Gasteiger partial charge on any atom is -0.395 e. The smallest absolute Gasteiger partial charge is 0.0587 e. The summed E-state index contributed by atoms with van der Waals surface area (Å²) in [6.45, 7) is 5.48. The van der Waals surface area contributed by atoms with Crippen LogP contribution in [0.25, 0.3) is 0 Å².